The van der Waals surface area contributed by atoms with Crippen molar-refractivity contribution in [3.63, 3.8) is 0 Å². The summed E-state index contributed by atoms with van der Waals surface area (Å²) in [6.07, 6.45) is 7.67. The predicted molar refractivity (Wildman–Crippen MR) is 80.5 cm³/mol. The second-order valence-corrected chi connectivity index (χ2v) is 6.37. The molecule has 0 spiro atoms. The summed E-state index contributed by atoms with van der Waals surface area (Å²) in [5, 5.41) is 0. The van der Waals surface area contributed by atoms with Gasteiger partial charge in [0, 0.05) is 31.0 Å². The van der Waals surface area contributed by atoms with E-state index in [1.54, 1.807) is 0 Å². The lowest BCUT2D eigenvalue weighted by molar-refractivity contribution is 0.0685. The summed E-state index contributed by atoms with van der Waals surface area (Å²) in [5.74, 6) is 1.05. The van der Waals surface area contributed by atoms with Gasteiger partial charge in [0.05, 0.1) is 0 Å². The van der Waals surface area contributed by atoms with Crippen LogP contribution in [0.5, 0.6) is 0 Å². The molecule has 1 aliphatic heterocycles. The van der Waals surface area contributed by atoms with Crippen LogP contribution in [0.15, 0.2) is 17.1 Å². The summed E-state index contributed by atoms with van der Waals surface area (Å²) in [7, 11) is 0. The van der Waals surface area contributed by atoms with E-state index in [0.717, 1.165) is 38.0 Å². The third-order valence-corrected chi connectivity index (χ3v) is 4.87. The molecule has 1 aromatic heterocycles. The summed E-state index contributed by atoms with van der Waals surface area (Å²) in [6.45, 7) is 5.89. The maximum Gasteiger partial charge on any atom is 0.254 e. The van der Waals surface area contributed by atoms with Gasteiger partial charge >= 0.3 is 0 Å². The Balaban J connectivity index is 2.02. The Bertz CT molecular complexity index is 524. The van der Waals surface area contributed by atoms with E-state index >= 15 is 0 Å². The molecule has 1 saturated carbocycles. The maximum atomic E-state index is 12.8. The Morgan fingerprint density at radius 2 is 2.00 bits per heavy atom. The van der Waals surface area contributed by atoms with Gasteiger partial charge in [0.1, 0.15) is 0 Å². The van der Waals surface area contributed by atoms with E-state index in [-0.39, 0.29) is 5.56 Å². The number of hydrogen-bond donors (Lipinski definition) is 0. The minimum absolute atomic E-state index is 0.232. The van der Waals surface area contributed by atoms with Crippen molar-refractivity contribution < 1.29 is 4.74 Å². The number of aromatic nitrogens is 1. The molecule has 1 unspecified atom stereocenters. The molecule has 3 nitrogen and oxygen atoms in total. The number of pyridine rings is 1. The Morgan fingerprint density at radius 1 is 1.30 bits per heavy atom. The number of ether oxygens (including phenoxy) is 1. The fourth-order valence-corrected chi connectivity index (χ4v) is 3.09. The van der Waals surface area contributed by atoms with E-state index in [0.29, 0.717) is 17.9 Å². The molecule has 2 aliphatic rings. The highest BCUT2D eigenvalue weighted by atomic mass is 16.5. The summed E-state index contributed by atoms with van der Waals surface area (Å²) < 4.78 is 7.46. The first-order chi connectivity index (χ1) is 9.70. The largest absolute Gasteiger partial charge is 0.381 e. The van der Waals surface area contributed by atoms with Crippen molar-refractivity contribution in [1.29, 1.82) is 0 Å². The lowest BCUT2D eigenvalue weighted by Crippen LogP contribution is -2.31. The average Bonchev–Trinajstić information content (AvgIpc) is 3.32. The van der Waals surface area contributed by atoms with Crippen molar-refractivity contribution >= 4 is 0 Å². The third kappa shape index (κ3) is 2.69. The topological polar surface area (TPSA) is 31.2 Å². The standard InChI is InChI=1S/C17H25NO2/c1-3-12(2)16-10-14(13-4-5-13)11-18(17(16)19)15-6-8-20-9-7-15/h10-13,15H,3-9H2,1-2H3. The lowest BCUT2D eigenvalue weighted by atomic mass is 9.96. The molecule has 0 amide bonds. The first kappa shape index (κ1) is 13.9. The van der Waals surface area contributed by atoms with Crippen molar-refractivity contribution in [2.24, 2.45) is 0 Å². The lowest BCUT2D eigenvalue weighted by Gasteiger charge is -2.26. The van der Waals surface area contributed by atoms with Crippen LogP contribution in [0, 0.1) is 0 Å². The number of rotatable bonds is 4. The SMILES string of the molecule is CCC(C)c1cc(C2CC2)cn(C2CCOCC2)c1=O. The second kappa shape index (κ2) is 5.72. The minimum Gasteiger partial charge on any atom is -0.381 e. The molecule has 110 valence electrons. The molecule has 0 radical (unpaired) electrons. The van der Waals surface area contributed by atoms with E-state index < -0.39 is 0 Å². The third-order valence-electron chi connectivity index (χ3n) is 4.87. The molecule has 1 aromatic rings. The monoisotopic (exact) mass is 275 g/mol. The summed E-state index contributed by atoms with van der Waals surface area (Å²) in [4.78, 5) is 12.8. The van der Waals surface area contributed by atoms with Gasteiger partial charge < -0.3 is 9.30 Å². The normalized spacial score (nSPS) is 21.9. The van der Waals surface area contributed by atoms with Crippen LogP contribution in [-0.4, -0.2) is 17.8 Å². The van der Waals surface area contributed by atoms with E-state index in [2.05, 4.69) is 26.1 Å². The van der Waals surface area contributed by atoms with Crippen molar-refractivity contribution in [1.82, 2.24) is 4.57 Å². The molecule has 3 heteroatoms. The minimum atomic E-state index is 0.232. The van der Waals surface area contributed by atoms with Crippen LogP contribution in [0.2, 0.25) is 0 Å². The molecule has 0 aromatic carbocycles. The van der Waals surface area contributed by atoms with Gasteiger partial charge in [0.15, 0.2) is 0 Å². The zero-order valence-corrected chi connectivity index (χ0v) is 12.6. The number of nitrogens with zero attached hydrogens (tertiary/aromatic N) is 1. The van der Waals surface area contributed by atoms with Crippen molar-refractivity contribution in [3.8, 4) is 0 Å². The molecule has 2 heterocycles. The quantitative estimate of drug-likeness (QED) is 0.841. The second-order valence-electron chi connectivity index (χ2n) is 6.37. The van der Waals surface area contributed by atoms with Crippen LogP contribution in [0.4, 0.5) is 0 Å². The fourth-order valence-electron chi connectivity index (χ4n) is 3.09. The molecule has 2 fully saturated rings. The molecule has 20 heavy (non-hydrogen) atoms. The molecule has 0 N–H and O–H groups in total. The Morgan fingerprint density at radius 3 is 2.60 bits per heavy atom. The van der Waals surface area contributed by atoms with Gasteiger partial charge in [-0.3, -0.25) is 4.79 Å². The van der Waals surface area contributed by atoms with Gasteiger partial charge in [-0.1, -0.05) is 13.8 Å². The van der Waals surface area contributed by atoms with Crippen LogP contribution in [-0.2, 0) is 4.74 Å². The van der Waals surface area contributed by atoms with Gasteiger partial charge in [-0.15, -0.1) is 0 Å². The van der Waals surface area contributed by atoms with Crippen LogP contribution in [0.3, 0.4) is 0 Å². The van der Waals surface area contributed by atoms with Crippen molar-refractivity contribution in [3.05, 3.63) is 33.7 Å². The van der Waals surface area contributed by atoms with Gasteiger partial charge in [-0.25, -0.2) is 0 Å². The smallest absolute Gasteiger partial charge is 0.254 e. The summed E-state index contributed by atoms with van der Waals surface area (Å²) in [6, 6.07) is 2.52. The van der Waals surface area contributed by atoms with Gasteiger partial charge in [-0.2, -0.15) is 0 Å². The molecule has 1 atom stereocenters. The van der Waals surface area contributed by atoms with E-state index in [1.165, 1.54) is 18.4 Å². The van der Waals surface area contributed by atoms with Crippen molar-refractivity contribution in [2.45, 2.75) is 63.8 Å². The first-order valence-corrected chi connectivity index (χ1v) is 8.04. The van der Waals surface area contributed by atoms with E-state index in [1.807, 2.05) is 4.57 Å². The van der Waals surface area contributed by atoms with Crippen LogP contribution >= 0.6 is 0 Å². The highest BCUT2D eigenvalue weighted by Gasteiger charge is 2.27. The predicted octanol–water partition coefficient (Wildman–Crippen LogP) is 3.59. The Labute approximate surface area is 121 Å². The van der Waals surface area contributed by atoms with Crippen LogP contribution < -0.4 is 5.56 Å². The molecule has 1 saturated heterocycles. The summed E-state index contributed by atoms with van der Waals surface area (Å²) >= 11 is 0. The van der Waals surface area contributed by atoms with Crippen LogP contribution in [0.1, 0.15) is 75.0 Å². The van der Waals surface area contributed by atoms with E-state index in [4.69, 9.17) is 4.74 Å². The first-order valence-electron chi connectivity index (χ1n) is 8.04. The Kier molecular flexibility index (Phi) is 3.97. The molecule has 0 bridgehead atoms. The van der Waals surface area contributed by atoms with Crippen LogP contribution in [0.25, 0.3) is 0 Å². The maximum absolute atomic E-state index is 12.8. The molecular weight excluding hydrogens is 250 g/mol. The zero-order chi connectivity index (χ0) is 14.1. The number of hydrogen-bond acceptors (Lipinski definition) is 2. The fraction of sp³-hybridized carbons (Fsp3) is 0.706. The van der Waals surface area contributed by atoms with Gasteiger partial charge in [0.2, 0.25) is 0 Å². The molecular formula is C17H25NO2. The van der Waals surface area contributed by atoms with Crippen molar-refractivity contribution in [2.75, 3.05) is 13.2 Å². The Hall–Kier alpha value is -1.09. The molecule has 3 rings (SSSR count). The highest BCUT2D eigenvalue weighted by molar-refractivity contribution is 5.28. The van der Waals surface area contributed by atoms with Gasteiger partial charge in [-0.05, 0) is 55.6 Å². The van der Waals surface area contributed by atoms with Gasteiger partial charge in [0.25, 0.3) is 5.56 Å². The molecule has 1 aliphatic carbocycles. The summed E-state index contributed by atoms with van der Waals surface area (Å²) in [5.41, 5.74) is 2.63. The highest BCUT2D eigenvalue weighted by Crippen LogP contribution is 2.40. The average molecular weight is 275 g/mol. The zero-order valence-electron chi connectivity index (χ0n) is 12.6. The van der Waals surface area contributed by atoms with E-state index in [9.17, 15) is 4.79 Å².